The summed E-state index contributed by atoms with van der Waals surface area (Å²) >= 11 is 0. The highest BCUT2D eigenvalue weighted by Gasteiger charge is 2.61. The second-order valence-corrected chi connectivity index (χ2v) is 10.8. The van der Waals surface area contributed by atoms with Crippen LogP contribution in [0.1, 0.15) is 78.1 Å². The van der Waals surface area contributed by atoms with Crippen molar-refractivity contribution in [1.29, 1.82) is 5.26 Å². The van der Waals surface area contributed by atoms with Crippen LogP contribution in [0.4, 0.5) is 0 Å². The molecule has 3 heteroatoms. The van der Waals surface area contributed by atoms with Crippen LogP contribution in [0.5, 0.6) is 0 Å². The van der Waals surface area contributed by atoms with E-state index in [1.807, 2.05) is 0 Å². The van der Waals surface area contributed by atoms with E-state index in [0.29, 0.717) is 17.4 Å². The van der Waals surface area contributed by atoms with Crippen LogP contribution < -0.4 is 0 Å². The molecule has 5 saturated carbocycles. The minimum Gasteiger partial charge on any atom is -0.390 e. The van der Waals surface area contributed by atoms with Crippen LogP contribution in [0.15, 0.2) is 0 Å². The molecule has 26 heavy (non-hydrogen) atoms. The van der Waals surface area contributed by atoms with Gasteiger partial charge in [0.15, 0.2) is 0 Å². The summed E-state index contributed by atoms with van der Waals surface area (Å²) in [4.78, 5) is 0. The minimum atomic E-state index is -0.256. The van der Waals surface area contributed by atoms with Crippen molar-refractivity contribution in [2.75, 3.05) is 0 Å². The highest BCUT2D eigenvalue weighted by Crippen LogP contribution is 2.67. The molecule has 0 aromatic carbocycles. The third-order valence-corrected chi connectivity index (χ3v) is 9.71. The molecule has 0 aromatic heterocycles. The van der Waals surface area contributed by atoms with Gasteiger partial charge in [0.2, 0.25) is 0 Å². The number of nitrogens with zero attached hydrogens (tertiary/aromatic N) is 1. The van der Waals surface area contributed by atoms with E-state index in [2.05, 4.69) is 19.9 Å². The Morgan fingerprint density at radius 3 is 2.46 bits per heavy atom. The lowest BCUT2D eigenvalue weighted by Gasteiger charge is -2.61. The van der Waals surface area contributed by atoms with E-state index in [1.54, 1.807) is 0 Å². The molecule has 144 valence electrons. The maximum absolute atomic E-state index is 10.7. The Hall–Kier alpha value is -0.590. The molecule has 0 aliphatic heterocycles. The number of ether oxygens (including phenoxy) is 1. The Morgan fingerprint density at radius 2 is 1.73 bits per heavy atom. The zero-order valence-electron chi connectivity index (χ0n) is 16.5. The van der Waals surface area contributed by atoms with Crippen LogP contribution in [0.25, 0.3) is 0 Å². The van der Waals surface area contributed by atoms with Gasteiger partial charge in [0, 0.05) is 0 Å². The maximum Gasteiger partial charge on any atom is 0.0843 e. The molecule has 0 spiro atoms. The van der Waals surface area contributed by atoms with Gasteiger partial charge in [-0.25, -0.2) is 0 Å². The number of aliphatic hydroxyl groups excluding tert-OH is 1. The van der Waals surface area contributed by atoms with Gasteiger partial charge in [-0.1, -0.05) is 13.8 Å². The van der Waals surface area contributed by atoms with Gasteiger partial charge in [-0.15, -0.1) is 0 Å². The zero-order valence-corrected chi connectivity index (χ0v) is 16.5. The standard InChI is InChI=1S/C23H35NO2/c1-22-10-9-19-17(18(22)8-4-15(22)13-24)7-3-14-11-20(25)21(12-23(14,19)2)26-16-5-6-16/h14-21,25H,3-12H2,1-2H3/t14-,15+,17-,18-,19-,20-,21-,22+,23-/m0/s1. The van der Waals surface area contributed by atoms with E-state index in [9.17, 15) is 10.4 Å². The molecular weight excluding hydrogens is 322 g/mol. The Morgan fingerprint density at radius 1 is 0.962 bits per heavy atom. The average Bonchev–Trinajstić information content (AvgIpc) is 3.35. The SMILES string of the molecule is C[C@]12C[C@H](OC3CC3)[C@@H](O)C[C@@H]1CC[C@@H]1[C@@H]2CC[C@]2(C)[C@@H](C#N)CC[C@@H]12. The van der Waals surface area contributed by atoms with Gasteiger partial charge >= 0.3 is 0 Å². The zero-order chi connectivity index (χ0) is 18.1. The third kappa shape index (κ3) is 2.44. The molecule has 5 aliphatic carbocycles. The molecule has 0 saturated heterocycles. The molecule has 5 fully saturated rings. The molecule has 0 amide bonds. The number of fused-ring (bicyclic) bond motifs is 5. The first-order valence-electron chi connectivity index (χ1n) is 11.2. The predicted octanol–water partition coefficient (Wildman–Crippen LogP) is 4.69. The van der Waals surface area contributed by atoms with Crippen LogP contribution in [-0.2, 0) is 4.74 Å². The van der Waals surface area contributed by atoms with Crippen molar-refractivity contribution >= 4 is 0 Å². The molecule has 9 atom stereocenters. The summed E-state index contributed by atoms with van der Waals surface area (Å²) in [6.45, 7) is 4.95. The van der Waals surface area contributed by atoms with Crippen molar-refractivity contribution in [3.8, 4) is 6.07 Å². The van der Waals surface area contributed by atoms with Crippen LogP contribution in [0.3, 0.4) is 0 Å². The molecule has 0 radical (unpaired) electrons. The number of hydrogen-bond acceptors (Lipinski definition) is 3. The first-order valence-corrected chi connectivity index (χ1v) is 11.2. The monoisotopic (exact) mass is 357 g/mol. The lowest BCUT2D eigenvalue weighted by Crippen LogP contribution is -2.57. The highest BCUT2D eigenvalue weighted by molar-refractivity contribution is 5.13. The van der Waals surface area contributed by atoms with Crippen LogP contribution in [0, 0.1) is 51.8 Å². The fourth-order valence-corrected chi connectivity index (χ4v) is 8.06. The molecule has 0 heterocycles. The van der Waals surface area contributed by atoms with E-state index in [1.165, 1.54) is 44.9 Å². The number of nitriles is 1. The molecule has 0 bridgehead atoms. The number of rotatable bonds is 2. The van der Waals surface area contributed by atoms with Crippen molar-refractivity contribution in [1.82, 2.24) is 0 Å². The van der Waals surface area contributed by atoms with Gasteiger partial charge < -0.3 is 9.84 Å². The summed E-state index contributed by atoms with van der Waals surface area (Å²) in [7, 11) is 0. The molecule has 3 nitrogen and oxygen atoms in total. The van der Waals surface area contributed by atoms with Gasteiger partial charge in [0.1, 0.15) is 0 Å². The summed E-state index contributed by atoms with van der Waals surface area (Å²) in [5.41, 5.74) is 0.588. The first-order chi connectivity index (χ1) is 12.5. The molecule has 5 rings (SSSR count). The Kier molecular flexibility index (Phi) is 4.01. The van der Waals surface area contributed by atoms with Crippen molar-refractivity contribution in [2.24, 2.45) is 40.4 Å². The molecule has 1 N–H and O–H groups in total. The maximum atomic E-state index is 10.7. The first kappa shape index (κ1) is 17.5. The Balaban J connectivity index is 1.40. The summed E-state index contributed by atoms with van der Waals surface area (Å²) in [5.74, 6) is 3.26. The van der Waals surface area contributed by atoms with Crippen molar-refractivity contribution in [3.05, 3.63) is 0 Å². The summed E-state index contributed by atoms with van der Waals surface area (Å²) in [5, 5.41) is 20.4. The number of aliphatic hydroxyl groups is 1. The fourth-order valence-electron chi connectivity index (χ4n) is 8.06. The summed E-state index contributed by atoms with van der Waals surface area (Å²) in [6.07, 6.45) is 12.1. The van der Waals surface area contributed by atoms with E-state index in [0.717, 1.165) is 37.0 Å². The molecule has 5 aliphatic rings. The largest absolute Gasteiger partial charge is 0.390 e. The highest BCUT2D eigenvalue weighted by atomic mass is 16.5. The van der Waals surface area contributed by atoms with E-state index in [-0.39, 0.29) is 23.5 Å². The normalized spacial score (nSPS) is 56.2. The smallest absolute Gasteiger partial charge is 0.0843 e. The Bertz CT molecular complexity index is 610. The quantitative estimate of drug-likeness (QED) is 0.780. The second-order valence-electron chi connectivity index (χ2n) is 10.8. The van der Waals surface area contributed by atoms with Gasteiger partial charge in [-0.05, 0) is 98.7 Å². The number of hydrogen-bond donors (Lipinski definition) is 1. The van der Waals surface area contributed by atoms with Gasteiger partial charge in [-0.3, -0.25) is 0 Å². The average molecular weight is 358 g/mol. The van der Waals surface area contributed by atoms with Gasteiger partial charge in [-0.2, -0.15) is 5.26 Å². The van der Waals surface area contributed by atoms with Gasteiger partial charge in [0.25, 0.3) is 0 Å². The lowest BCUT2D eigenvalue weighted by molar-refractivity contribution is -0.173. The molecule has 0 unspecified atom stereocenters. The summed E-state index contributed by atoms with van der Waals surface area (Å²) < 4.78 is 6.26. The Labute approximate surface area is 158 Å². The fraction of sp³-hybridized carbons (Fsp3) is 0.957. The van der Waals surface area contributed by atoms with Crippen LogP contribution >= 0.6 is 0 Å². The topological polar surface area (TPSA) is 53.2 Å². The van der Waals surface area contributed by atoms with Crippen molar-refractivity contribution in [2.45, 2.75) is 96.4 Å². The van der Waals surface area contributed by atoms with Crippen molar-refractivity contribution < 1.29 is 9.84 Å². The predicted molar refractivity (Wildman–Crippen MR) is 100 cm³/mol. The van der Waals surface area contributed by atoms with E-state index in [4.69, 9.17) is 4.74 Å². The van der Waals surface area contributed by atoms with E-state index >= 15 is 0 Å². The van der Waals surface area contributed by atoms with Gasteiger partial charge in [0.05, 0.1) is 30.3 Å². The second kappa shape index (κ2) is 5.95. The van der Waals surface area contributed by atoms with Crippen LogP contribution in [0.2, 0.25) is 0 Å². The third-order valence-electron chi connectivity index (χ3n) is 9.71. The summed E-state index contributed by atoms with van der Waals surface area (Å²) in [6, 6.07) is 2.65. The molecular formula is C23H35NO2. The molecule has 0 aromatic rings. The minimum absolute atomic E-state index is 0.0613. The lowest BCUT2D eigenvalue weighted by atomic mass is 9.44. The van der Waals surface area contributed by atoms with E-state index < -0.39 is 0 Å². The van der Waals surface area contributed by atoms with Crippen LogP contribution in [-0.4, -0.2) is 23.4 Å². The van der Waals surface area contributed by atoms with Crippen molar-refractivity contribution in [3.63, 3.8) is 0 Å².